The maximum Gasteiger partial charge on any atom is 0.344 e. The fourth-order valence-corrected chi connectivity index (χ4v) is 3.69. The summed E-state index contributed by atoms with van der Waals surface area (Å²) in [5.74, 6) is 0.655. The van der Waals surface area contributed by atoms with E-state index in [9.17, 15) is 4.79 Å². The normalized spacial score (nSPS) is 11.4. The number of esters is 1. The van der Waals surface area contributed by atoms with Gasteiger partial charge in [0.25, 0.3) is 0 Å². The standard InChI is InChI=1S/C22H23ClN2O3S/c1-14-19(29-18-12-8-16(23)9-13-18)20(25(24-14)22(2,3)4)28-21(26)15-6-10-17(27-5)11-7-15/h6-13H,1-5H3. The summed E-state index contributed by atoms with van der Waals surface area (Å²) < 4.78 is 12.8. The number of rotatable bonds is 5. The largest absolute Gasteiger partial charge is 0.497 e. The number of nitrogens with zero attached hydrogens (tertiary/aromatic N) is 2. The van der Waals surface area contributed by atoms with Crippen LogP contribution in [-0.2, 0) is 5.54 Å². The Morgan fingerprint density at radius 3 is 2.24 bits per heavy atom. The molecule has 0 saturated carbocycles. The van der Waals surface area contributed by atoms with Crippen molar-refractivity contribution in [3.05, 3.63) is 64.8 Å². The lowest BCUT2D eigenvalue weighted by atomic mass is 10.1. The Morgan fingerprint density at radius 1 is 1.07 bits per heavy atom. The maximum absolute atomic E-state index is 12.8. The number of carbonyl (C=O) groups excluding carboxylic acids is 1. The van der Waals surface area contributed by atoms with Crippen molar-refractivity contribution < 1.29 is 14.3 Å². The van der Waals surface area contributed by atoms with Gasteiger partial charge in [-0.05, 0) is 76.2 Å². The lowest BCUT2D eigenvalue weighted by molar-refractivity contribution is 0.0704. The van der Waals surface area contributed by atoms with Crippen molar-refractivity contribution in [3.8, 4) is 11.6 Å². The average molecular weight is 431 g/mol. The monoisotopic (exact) mass is 430 g/mol. The highest BCUT2D eigenvalue weighted by Gasteiger charge is 2.27. The summed E-state index contributed by atoms with van der Waals surface area (Å²) in [6.07, 6.45) is 0. The van der Waals surface area contributed by atoms with Gasteiger partial charge in [0.15, 0.2) is 0 Å². The number of aromatic nitrogens is 2. The molecule has 0 aliphatic rings. The van der Waals surface area contributed by atoms with Crippen molar-refractivity contribution in [2.75, 3.05) is 7.11 Å². The van der Waals surface area contributed by atoms with Crippen molar-refractivity contribution in [2.24, 2.45) is 0 Å². The molecule has 0 atom stereocenters. The van der Waals surface area contributed by atoms with E-state index in [1.54, 1.807) is 36.1 Å². The molecule has 0 bridgehead atoms. The second-order valence-electron chi connectivity index (χ2n) is 7.48. The van der Waals surface area contributed by atoms with Crippen LogP contribution in [0.2, 0.25) is 5.02 Å². The molecule has 3 aromatic rings. The van der Waals surface area contributed by atoms with E-state index >= 15 is 0 Å². The molecule has 2 aromatic carbocycles. The zero-order chi connectivity index (χ0) is 21.2. The highest BCUT2D eigenvalue weighted by atomic mass is 35.5. The van der Waals surface area contributed by atoms with E-state index in [2.05, 4.69) is 5.10 Å². The van der Waals surface area contributed by atoms with E-state index in [1.807, 2.05) is 52.0 Å². The zero-order valence-corrected chi connectivity index (χ0v) is 18.6. The molecule has 0 amide bonds. The number of hydrogen-bond donors (Lipinski definition) is 0. The van der Waals surface area contributed by atoms with Crippen LogP contribution in [0.1, 0.15) is 36.8 Å². The fraction of sp³-hybridized carbons (Fsp3) is 0.273. The summed E-state index contributed by atoms with van der Waals surface area (Å²) in [6, 6.07) is 14.3. The third kappa shape index (κ3) is 4.95. The van der Waals surface area contributed by atoms with Crippen LogP contribution in [0.25, 0.3) is 0 Å². The number of methoxy groups -OCH3 is 1. The van der Waals surface area contributed by atoms with Gasteiger partial charge < -0.3 is 9.47 Å². The SMILES string of the molecule is COc1ccc(C(=O)Oc2c(Sc3ccc(Cl)cc3)c(C)nn2C(C)(C)C)cc1. The molecule has 0 spiro atoms. The van der Waals surface area contributed by atoms with Gasteiger partial charge >= 0.3 is 5.97 Å². The number of carbonyl (C=O) groups is 1. The van der Waals surface area contributed by atoms with Crippen molar-refractivity contribution >= 4 is 29.3 Å². The van der Waals surface area contributed by atoms with Crippen LogP contribution < -0.4 is 9.47 Å². The molecule has 7 heteroatoms. The summed E-state index contributed by atoms with van der Waals surface area (Å²) >= 11 is 7.49. The van der Waals surface area contributed by atoms with Crippen molar-refractivity contribution in [3.63, 3.8) is 0 Å². The van der Waals surface area contributed by atoms with Gasteiger partial charge in [0.1, 0.15) is 5.75 Å². The van der Waals surface area contributed by atoms with Crippen LogP contribution in [0.15, 0.2) is 58.3 Å². The Balaban J connectivity index is 1.97. The van der Waals surface area contributed by atoms with Crippen LogP contribution in [0.5, 0.6) is 11.6 Å². The van der Waals surface area contributed by atoms with Crippen LogP contribution in [-0.4, -0.2) is 22.9 Å². The summed E-state index contributed by atoms with van der Waals surface area (Å²) in [6.45, 7) is 7.95. The molecule has 1 heterocycles. The third-order valence-corrected chi connectivity index (χ3v) is 5.58. The van der Waals surface area contributed by atoms with Crippen molar-refractivity contribution in [1.29, 1.82) is 0 Å². The van der Waals surface area contributed by atoms with Crippen LogP contribution in [0.3, 0.4) is 0 Å². The molecule has 0 aliphatic heterocycles. The minimum Gasteiger partial charge on any atom is -0.497 e. The summed E-state index contributed by atoms with van der Waals surface area (Å²) in [4.78, 5) is 14.6. The number of hydrogen-bond acceptors (Lipinski definition) is 5. The molecule has 0 aliphatic carbocycles. The average Bonchev–Trinajstić information content (AvgIpc) is 2.99. The van der Waals surface area contributed by atoms with Gasteiger partial charge in [-0.2, -0.15) is 5.10 Å². The van der Waals surface area contributed by atoms with Gasteiger partial charge in [0.05, 0.1) is 28.8 Å². The lowest BCUT2D eigenvalue weighted by Crippen LogP contribution is -2.25. The first-order valence-corrected chi connectivity index (χ1v) is 10.3. The smallest absolute Gasteiger partial charge is 0.344 e. The van der Waals surface area contributed by atoms with Crippen LogP contribution in [0, 0.1) is 6.92 Å². The Morgan fingerprint density at radius 2 is 1.69 bits per heavy atom. The fourth-order valence-electron chi connectivity index (χ4n) is 2.65. The molecule has 3 rings (SSSR count). The molecule has 0 saturated heterocycles. The number of halogens is 1. The van der Waals surface area contributed by atoms with Gasteiger partial charge in [-0.3, -0.25) is 0 Å². The predicted octanol–water partition coefficient (Wildman–Crippen LogP) is 5.98. The second-order valence-corrected chi connectivity index (χ2v) is 9.00. The molecular formula is C22H23ClN2O3S. The van der Waals surface area contributed by atoms with Crippen molar-refractivity contribution in [1.82, 2.24) is 9.78 Å². The van der Waals surface area contributed by atoms with Crippen LogP contribution in [0.4, 0.5) is 0 Å². The van der Waals surface area contributed by atoms with Crippen molar-refractivity contribution in [2.45, 2.75) is 43.0 Å². The minimum atomic E-state index is -0.448. The Bertz CT molecular complexity index is 1010. The summed E-state index contributed by atoms with van der Waals surface area (Å²) in [7, 11) is 1.58. The van der Waals surface area contributed by atoms with E-state index in [-0.39, 0.29) is 5.54 Å². The van der Waals surface area contributed by atoms with Gasteiger partial charge in [0, 0.05) is 9.92 Å². The van der Waals surface area contributed by atoms with E-state index in [1.165, 1.54) is 11.8 Å². The molecule has 29 heavy (non-hydrogen) atoms. The molecular weight excluding hydrogens is 408 g/mol. The van der Waals surface area contributed by atoms with E-state index in [0.29, 0.717) is 22.2 Å². The first-order chi connectivity index (χ1) is 13.7. The minimum absolute atomic E-state index is 0.362. The third-order valence-electron chi connectivity index (χ3n) is 4.15. The molecule has 0 radical (unpaired) electrons. The highest BCUT2D eigenvalue weighted by molar-refractivity contribution is 7.99. The van der Waals surface area contributed by atoms with E-state index in [0.717, 1.165) is 15.5 Å². The molecule has 0 N–H and O–H groups in total. The van der Waals surface area contributed by atoms with Gasteiger partial charge in [-0.25, -0.2) is 9.48 Å². The van der Waals surface area contributed by atoms with Gasteiger partial charge in [0.2, 0.25) is 5.88 Å². The molecule has 1 aromatic heterocycles. The number of benzene rings is 2. The van der Waals surface area contributed by atoms with Crippen LogP contribution >= 0.6 is 23.4 Å². The maximum atomic E-state index is 12.8. The first-order valence-electron chi connectivity index (χ1n) is 9.09. The quantitative estimate of drug-likeness (QED) is 0.466. The topological polar surface area (TPSA) is 53.4 Å². The summed E-state index contributed by atoms with van der Waals surface area (Å²) in [5.41, 5.74) is 0.865. The molecule has 5 nitrogen and oxygen atoms in total. The molecule has 0 unspecified atom stereocenters. The zero-order valence-electron chi connectivity index (χ0n) is 17.0. The predicted molar refractivity (Wildman–Crippen MR) is 115 cm³/mol. The van der Waals surface area contributed by atoms with E-state index in [4.69, 9.17) is 21.1 Å². The van der Waals surface area contributed by atoms with E-state index < -0.39 is 5.97 Å². The number of ether oxygens (including phenoxy) is 2. The first kappa shape index (κ1) is 21.3. The Kier molecular flexibility index (Phi) is 6.24. The molecule has 152 valence electrons. The highest BCUT2D eigenvalue weighted by Crippen LogP contribution is 2.40. The Labute approximate surface area is 180 Å². The second kappa shape index (κ2) is 8.51. The molecule has 0 fully saturated rings. The lowest BCUT2D eigenvalue weighted by Gasteiger charge is -2.22. The summed E-state index contributed by atoms with van der Waals surface area (Å²) in [5, 5.41) is 5.31. The van der Waals surface area contributed by atoms with Gasteiger partial charge in [-0.1, -0.05) is 23.4 Å². The van der Waals surface area contributed by atoms with Gasteiger partial charge in [-0.15, -0.1) is 0 Å². The Hall–Kier alpha value is -2.44. The number of aryl methyl sites for hydroxylation is 1.